The van der Waals surface area contributed by atoms with Gasteiger partial charge in [0.2, 0.25) is 0 Å². The van der Waals surface area contributed by atoms with Gasteiger partial charge in [0.15, 0.2) is 5.78 Å². The second kappa shape index (κ2) is 4.98. The summed E-state index contributed by atoms with van der Waals surface area (Å²) in [5, 5.41) is 0.512. The first-order valence-electron chi connectivity index (χ1n) is 5.64. The molecule has 1 aromatic carbocycles. The van der Waals surface area contributed by atoms with Gasteiger partial charge in [-0.15, -0.1) is 0 Å². The maximum absolute atomic E-state index is 12.2. The van der Waals surface area contributed by atoms with Crippen LogP contribution < -0.4 is 0 Å². The molecule has 0 saturated heterocycles. The predicted octanol–water partition coefficient (Wildman–Crippen LogP) is 3.34. The minimum atomic E-state index is -0.301. The van der Waals surface area contributed by atoms with Crippen molar-refractivity contribution in [1.29, 1.82) is 0 Å². The fourth-order valence-electron chi connectivity index (χ4n) is 1.82. The molecule has 0 spiro atoms. The average molecular weight is 239 g/mol. The summed E-state index contributed by atoms with van der Waals surface area (Å²) >= 11 is 6.01. The predicted molar refractivity (Wildman–Crippen MR) is 63.9 cm³/mol. The van der Waals surface area contributed by atoms with Gasteiger partial charge in [-0.1, -0.05) is 23.7 Å². The van der Waals surface area contributed by atoms with E-state index in [-0.39, 0.29) is 11.9 Å². The van der Waals surface area contributed by atoms with E-state index in [9.17, 15) is 4.79 Å². The van der Waals surface area contributed by atoms with Crippen molar-refractivity contribution < 1.29 is 9.53 Å². The molecule has 0 N–H and O–H groups in total. The van der Waals surface area contributed by atoms with Gasteiger partial charge in [0.05, 0.1) is 5.02 Å². The van der Waals surface area contributed by atoms with Gasteiger partial charge in [0.1, 0.15) is 6.10 Å². The van der Waals surface area contributed by atoms with Crippen LogP contribution in [0.2, 0.25) is 5.02 Å². The second-order valence-corrected chi connectivity index (χ2v) is 4.46. The molecule has 0 aromatic heterocycles. The number of rotatable bonds is 5. The van der Waals surface area contributed by atoms with Crippen molar-refractivity contribution in [2.75, 3.05) is 6.61 Å². The summed E-state index contributed by atoms with van der Waals surface area (Å²) in [6.07, 6.45) is 1.87. The third kappa shape index (κ3) is 2.45. The lowest BCUT2D eigenvalue weighted by atomic mass is 10.0. The van der Waals surface area contributed by atoms with E-state index >= 15 is 0 Å². The molecule has 2 nitrogen and oxygen atoms in total. The summed E-state index contributed by atoms with van der Waals surface area (Å²) in [4.78, 5) is 12.2. The number of carbonyl (C=O) groups is 1. The van der Waals surface area contributed by atoms with E-state index in [4.69, 9.17) is 16.3 Å². The lowest BCUT2D eigenvalue weighted by molar-refractivity contribution is 0.0375. The van der Waals surface area contributed by atoms with E-state index in [1.807, 2.05) is 19.1 Å². The van der Waals surface area contributed by atoms with Gasteiger partial charge in [0.25, 0.3) is 0 Å². The molecule has 1 unspecified atom stereocenters. The summed E-state index contributed by atoms with van der Waals surface area (Å²) in [6, 6.07) is 7.16. The average Bonchev–Trinajstić information content (AvgIpc) is 3.09. The highest BCUT2D eigenvalue weighted by Crippen LogP contribution is 2.36. The Labute approximate surface area is 101 Å². The zero-order valence-corrected chi connectivity index (χ0v) is 10.0. The van der Waals surface area contributed by atoms with Crippen molar-refractivity contribution in [3.05, 3.63) is 34.9 Å². The quantitative estimate of drug-likeness (QED) is 0.736. The van der Waals surface area contributed by atoms with Crippen LogP contribution in [0.25, 0.3) is 0 Å². The number of Topliss-reactive ketones (excluding diaryl/α,β-unsaturated/α-hetero) is 1. The number of halogens is 1. The molecule has 0 amide bonds. The Morgan fingerprint density at radius 2 is 2.19 bits per heavy atom. The second-order valence-electron chi connectivity index (χ2n) is 4.06. The van der Waals surface area contributed by atoms with Gasteiger partial charge in [-0.2, -0.15) is 0 Å². The van der Waals surface area contributed by atoms with Gasteiger partial charge in [-0.25, -0.2) is 0 Å². The lowest BCUT2D eigenvalue weighted by Gasteiger charge is -2.15. The lowest BCUT2D eigenvalue weighted by Crippen LogP contribution is -2.27. The maximum Gasteiger partial charge on any atom is 0.193 e. The number of ketones is 1. The van der Waals surface area contributed by atoms with Crippen molar-refractivity contribution in [1.82, 2.24) is 0 Å². The Balaban J connectivity index is 2.19. The Morgan fingerprint density at radius 3 is 2.75 bits per heavy atom. The SMILES string of the molecule is CCOC(C(=O)c1ccccc1Cl)C1CC1. The Kier molecular flexibility index (Phi) is 3.62. The van der Waals surface area contributed by atoms with Crippen LogP contribution >= 0.6 is 11.6 Å². The smallest absolute Gasteiger partial charge is 0.193 e. The number of hydrogen-bond acceptors (Lipinski definition) is 2. The van der Waals surface area contributed by atoms with Crippen LogP contribution in [0.3, 0.4) is 0 Å². The molecule has 3 heteroatoms. The molecule has 1 atom stereocenters. The minimum Gasteiger partial charge on any atom is -0.370 e. The fourth-order valence-corrected chi connectivity index (χ4v) is 2.05. The molecule has 1 aliphatic carbocycles. The first-order valence-corrected chi connectivity index (χ1v) is 6.02. The summed E-state index contributed by atoms with van der Waals surface area (Å²) in [5.41, 5.74) is 0.578. The molecule has 1 saturated carbocycles. The van der Waals surface area contributed by atoms with E-state index in [1.54, 1.807) is 12.1 Å². The van der Waals surface area contributed by atoms with Crippen LogP contribution in [0.5, 0.6) is 0 Å². The van der Waals surface area contributed by atoms with Crippen LogP contribution in [0.1, 0.15) is 30.1 Å². The molecule has 1 aliphatic rings. The van der Waals surface area contributed by atoms with Crippen LogP contribution in [-0.2, 0) is 4.74 Å². The molecule has 0 heterocycles. The monoisotopic (exact) mass is 238 g/mol. The van der Waals surface area contributed by atoms with Crippen LogP contribution in [0.4, 0.5) is 0 Å². The highest BCUT2D eigenvalue weighted by Gasteiger charge is 2.37. The van der Waals surface area contributed by atoms with Gasteiger partial charge < -0.3 is 4.74 Å². The van der Waals surface area contributed by atoms with E-state index in [2.05, 4.69) is 0 Å². The fraction of sp³-hybridized carbons (Fsp3) is 0.462. The molecule has 2 rings (SSSR count). The van der Waals surface area contributed by atoms with Crippen molar-refractivity contribution in [2.24, 2.45) is 5.92 Å². The first-order chi connectivity index (χ1) is 7.74. The molecule has 0 radical (unpaired) electrons. The molecule has 1 fully saturated rings. The van der Waals surface area contributed by atoms with E-state index in [0.717, 1.165) is 12.8 Å². The minimum absolute atomic E-state index is 0.0231. The molecular weight excluding hydrogens is 224 g/mol. The van der Waals surface area contributed by atoms with Crippen LogP contribution in [-0.4, -0.2) is 18.5 Å². The summed E-state index contributed by atoms with van der Waals surface area (Å²) in [5.74, 6) is 0.415. The highest BCUT2D eigenvalue weighted by molar-refractivity contribution is 6.34. The van der Waals surface area contributed by atoms with Crippen molar-refractivity contribution >= 4 is 17.4 Å². The number of benzene rings is 1. The van der Waals surface area contributed by atoms with E-state index in [1.165, 1.54) is 0 Å². The highest BCUT2D eigenvalue weighted by atomic mass is 35.5. The molecule has 1 aromatic rings. The molecule has 86 valence electrons. The molecule has 0 bridgehead atoms. The van der Waals surface area contributed by atoms with Gasteiger partial charge in [-0.3, -0.25) is 4.79 Å². The normalized spacial score (nSPS) is 17.1. The largest absolute Gasteiger partial charge is 0.370 e. The number of hydrogen-bond donors (Lipinski definition) is 0. The zero-order valence-electron chi connectivity index (χ0n) is 9.28. The Morgan fingerprint density at radius 1 is 1.50 bits per heavy atom. The third-order valence-corrected chi connectivity index (χ3v) is 3.12. The van der Waals surface area contributed by atoms with Gasteiger partial charge in [0, 0.05) is 12.2 Å². The third-order valence-electron chi connectivity index (χ3n) is 2.79. The Hall–Kier alpha value is -0.860. The van der Waals surface area contributed by atoms with E-state index < -0.39 is 0 Å². The Bertz CT molecular complexity index is 385. The number of carbonyl (C=O) groups excluding carboxylic acids is 1. The summed E-state index contributed by atoms with van der Waals surface area (Å²) < 4.78 is 5.53. The van der Waals surface area contributed by atoms with Crippen LogP contribution in [0.15, 0.2) is 24.3 Å². The van der Waals surface area contributed by atoms with Crippen LogP contribution in [0, 0.1) is 5.92 Å². The van der Waals surface area contributed by atoms with Crippen molar-refractivity contribution in [3.63, 3.8) is 0 Å². The van der Waals surface area contributed by atoms with Gasteiger partial charge >= 0.3 is 0 Å². The van der Waals surface area contributed by atoms with E-state index in [0.29, 0.717) is 23.1 Å². The van der Waals surface area contributed by atoms with Gasteiger partial charge in [-0.05, 0) is 37.8 Å². The van der Waals surface area contributed by atoms with Crippen molar-refractivity contribution in [2.45, 2.75) is 25.9 Å². The van der Waals surface area contributed by atoms with Crippen molar-refractivity contribution in [3.8, 4) is 0 Å². The topological polar surface area (TPSA) is 26.3 Å². The summed E-state index contributed by atoms with van der Waals surface area (Å²) in [6.45, 7) is 2.48. The summed E-state index contributed by atoms with van der Waals surface area (Å²) in [7, 11) is 0. The standard InChI is InChI=1S/C13H15ClO2/c1-2-16-13(9-7-8-9)12(15)10-5-3-4-6-11(10)14/h3-6,9,13H,2,7-8H2,1H3. The molecule has 16 heavy (non-hydrogen) atoms. The molecule has 0 aliphatic heterocycles. The first kappa shape index (κ1) is 11.6. The molecular formula is C13H15ClO2. The number of ether oxygens (including phenoxy) is 1. The maximum atomic E-state index is 12.2. The zero-order chi connectivity index (χ0) is 11.5.